The molecular formula is C15H21ClN2. The smallest absolute Gasteiger partial charge is 0.152 e. The quantitative estimate of drug-likeness (QED) is 0.803. The average molecular weight is 265 g/mol. The first-order valence-corrected chi connectivity index (χ1v) is 7.20. The van der Waals surface area contributed by atoms with Crippen molar-refractivity contribution >= 4 is 17.3 Å². The molecule has 1 N–H and O–H groups in total. The van der Waals surface area contributed by atoms with Crippen molar-refractivity contribution < 1.29 is 0 Å². The van der Waals surface area contributed by atoms with E-state index in [4.69, 9.17) is 11.6 Å². The lowest BCUT2D eigenvalue weighted by molar-refractivity contribution is 0.142. The normalized spacial score (nSPS) is 36.9. The second-order valence-electron chi connectivity index (χ2n) is 6.65. The Labute approximate surface area is 114 Å². The van der Waals surface area contributed by atoms with E-state index >= 15 is 0 Å². The predicted octanol–water partition coefficient (Wildman–Crippen LogP) is 4.36. The molecule has 0 amide bonds. The summed E-state index contributed by atoms with van der Waals surface area (Å²) in [6.07, 6.45) is 5.69. The van der Waals surface area contributed by atoms with E-state index in [9.17, 15) is 0 Å². The molecule has 1 aromatic rings. The third-order valence-corrected chi connectivity index (χ3v) is 6.18. The molecule has 2 nitrogen and oxygen atoms in total. The molecule has 98 valence electrons. The highest BCUT2D eigenvalue weighted by molar-refractivity contribution is 6.31. The lowest BCUT2D eigenvalue weighted by Crippen LogP contribution is -2.40. The lowest BCUT2D eigenvalue weighted by Gasteiger charge is -2.40. The molecule has 0 radical (unpaired) electrons. The summed E-state index contributed by atoms with van der Waals surface area (Å²) in [5.41, 5.74) is 1.78. The molecule has 2 aliphatic carbocycles. The fraction of sp³-hybridized carbons (Fsp3) is 0.667. The van der Waals surface area contributed by atoms with Gasteiger partial charge in [0.15, 0.2) is 5.15 Å². The van der Waals surface area contributed by atoms with Crippen molar-refractivity contribution in [3.63, 3.8) is 0 Å². The van der Waals surface area contributed by atoms with E-state index in [0.29, 0.717) is 22.0 Å². The maximum atomic E-state index is 6.15. The van der Waals surface area contributed by atoms with Gasteiger partial charge < -0.3 is 5.32 Å². The molecule has 3 atom stereocenters. The second-order valence-corrected chi connectivity index (χ2v) is 7.01. The number of nitrogens with zero attached hydrogens (tertiary/aromatic N) is 1. The molecule has 3 unspecified atom stereocenters. The van der Waals surface area contributed by atoms with Crippen LogP contribution in [0.4, 0.5) is 5.69 Å². The molecule has 0 spiro atoms. The monoisotopic (exact) mass is 264 g/mol. The summed E-state index contributed by atoms with van der Waals surface area (Å²) >= 11 is 6.15. The van der Waals surface area contributed by atoms with Gasteiger partial charge in [0.05, 0.1) is 5.69 Å². The van der Waals surface area contributed by atoms with Crippen LogP contribution in [0.5, 0.6) is 0 Å². The van der Waals surface area contributed by atoms with Crippen LogP contribution in [-0.2, 0) is 0 Å². The minimum atomic E-state index is 0.372. The van der Waals surface area contributed by atoms with Crippen molar-refractivity contribution in [3.05, 3.63) is 23.5 Å². The molecule has 3 rings (SSSR count). The summed E-state index contributed by atoms with van der Waals surface area (Å²) in [6.45, 7) is 7.29. The zero-order chi connectivity index (χ0) is 13.0. The molecule has 2 fully saturated rings. The van der Waals surface area contributed by atoms with Gasteiger partial charge in [0.25, 0.3) is 0 Å². The summed E-state index contributed by atoms with van der Waals surface area (Å²) in [5, 5.41) is 4.23. The highest BCUT2D eigenvalue weighted by atomic mass is 35.5. The van der Waals surface area contributed by atoms with Crippen molar-refractivity contribution in [2.24, 2.45) is 16.7 Å². The van der Waals surface area contributed by atoms with Gasteiger partial charge in [0, 0.05) is 12.2 Å². The molecule has 2 saturated carbocycles. The number of anilines is 1. The lowest BCUT2D eigenvalue weighted by atomic mass is 9.69. The fourth-order valence-corrected chi connectivity index (χ4v) is 4.28. The molecule has 18 heavy (non-hydrogen) atoms. The van der Waals surface area contributed by atoms with E-state index in [1.807, 2.05) is 12.1 Å². The van der Waals surface area contributed by atoms with Crippen LogP contribution in [0.25, 0.3) is 0 Å². The van der Waals surface area contributed by atoms with Crippen molar-refractivity contribution in [3.8, 4) is 0 Å². The second kappa shape index (κ2) is 3.86. The molecule has 1 aromatic heterocycles. The zero-order valence-corrected chi connectivity index (χ0v) is 12.1. The molecule has 3 heteroatoms. The molecule has 0 aliphatic heterocycles. The number of rotatable bonds is 2. The molecule has 2 aliphatic rings. The van der Waals surface area contributed by atoms with Crippen LogP contribution >= 0.6 is 11.6 Å². The highest BCUT2D eigenvalue weighted by Crippen LogP contribution is 2.65. The van der Waals surface area contributed by atoms with Crippen LogP contribution in [0, 0.1) is 16.7 Å². The number of halogens is 1. The Hall–Kier alpha value is -0.760. The van der Waals surface area contributed by atoms with Gasteiger partial charge in [0.1, 0.15) is 0 Å². The average Bonchev–Trinajstić information content (AvgIpc) is 2.65. The van der Waals surface area contributed by atoms with Crippen LogP contribution in [0.3, 0.4) is 0 Å². The maximum Gasteiger partial charge on any atom is 0.152 e. The number of fused-ring (bicyclic) bond motifs is 2. The molecular weight excluding hydrogens is 244 g/mol. The van der Waals surface area contributed by atoms with E-state index in [-0.39, 0.29) is 0 Å². The standard InChI is InChI=1S/C15H21ClN2/c1-14(2)10-6-7-15(14,3)12(9-10)18-11-5-4-8-17-13(11)16/h4-5,8,10,12,18H,6-7,9H2,1-3H3. The third kappa shape index (κ3) is 1.51. The first-order chi connectivity index (χ1) is 8.45. The fourth-order valence-electron chi connectivity index (χ4n) is 4.10. The van der Waals surface area contributed by atoms with Crippen LogP contribution in [0.15, 0.2) is 18.3 Å². The highest BCUT2D eigenvalue weighted by Gasteiger charge is 2.61. The topological polar surface area (TPSA) is 24.9 Å². The maximum absolute atomic E-state index is 6.15. The van der Waals surface area contributed by atoms with Gasteiger partial charge in [-0.05, 0) is 48.1 Å². The van der Waals surface area contributed by atoms with Gasteiger partial charge in [-0.3, -0.25) is 0 Å². The van der Waals surface area contributed by atoms with E-state index in [1.165, 1.54) is 19.3 Å². The van der Waals surface area contributed by atoms with Gasteiger partial charge in [0.2, 0.25) is 0 Å². The van der Waals surface area contributed by atoms with Crippen LogP contribution in [-0.4, -0.2) is 11.0 Å². The third-order valence-electron chi connectivity index (χ3n) is 5.88. The molecule has 1 heterocycles. The predicted molar refractivity (Wildman–Crippen MR) is 75.9 cm³/mol. The SMILES string of the molecule is CC1(C)C2CCC1(C)C(Nc1cccnc1Cl)C2. The van der Waals surface area contributed by atoms with E-state index in [2.05, 4.69) is 31.1 Å². The Balaban J connectivity index is 1.86. The van der Waals surface area contributed by atoms with E-state index < -0.39 is 0 Å². The minimum absolute atomic E-state index is 0.372. The Kier molecular flexibility index (Phi) is 2.64. The summed E-state index contributed by atoms with van der Waals surface area (Å²) in [6, 6.07) is 4.49. The zero-order valence-electron chi connectivity index (χ0n) is 11.3. The first-order valence-electron chi connectivity index (χ1n) is 6.82. The van der Waals surface area contributed by atoms with Crippen LogP contribution in [0.1, 0.15) is 40.0 Å². The van der Waals surface area contributed by atoms with Crippen molar-refractivity contribution in [2.45, 2.75) is 46.1 Å². The van der Waals surface area contributed by atoms with Crippen molar-refractivity contribution in [1.82, 2.24) is 4.98 Å². The summed E-state index contributed by atoms with van der Waals surface area (Å²) in [7, 11) is 0. The Morgan fingerprint density at radius 1 is 1.39 bits per heavy atom. The Morgan fingerprint density at radius 2 is 2.17 bits per heavy atom. The van der Waals surface area contributed by atoms with Gasteiger partial charge in [-0.15, -0.1) is 0 Å². The molecule has 0 saturated heterocycles. The number of nitrogens with one attached hydrogen (secondary N) is 1. The van der Waals surface area contributed by atoms with E-state index in [0.717, 1.165) is 11.6 Å². The Bertz CT molecular complexity index is 471. The van der Waals surface area contributed by atoms with Gasteiger partial charge in [-0.1, -0.05) is 32.4 Å². The Morgan fingerprint density at radius 3 is 2.72 bits per heavy atom. The summed E-state index contributed by atoms with van der Waals surface area (Å²) in [4.78, 5) is 4.15. The van der Waals surface area contributed by atoms with Crippen LogP contribution in [0.2, 0.25) is 5.15 Å². The van der Waals surface area contributed by atoms with Gasteiger partial charge in [-0.25, -0.2) is 4.98 Å². The van der Waals surface area contributed by atoms with Gasteiger partial charge >= 0.3 is 0 Å². The minimum Gasteiger partial charge on any atom is -0.379 e. The number of hydrogen-bond donors (Lipinski definition) is 1. The van der Waals surface area contributed by atoms with E-state index in [1.54, 1.807) is 6.20 Å². The summed E-state index contributed by atoms with van der Waals surface area (Å²) < 4.78 is 0. The number of aromatic nitrogens is 1. The van der Waals surface area contributed by atoms with Gasteiger partial charge in [-0.2, -0.15) is 0 Å². The first kappa shape index (κ1) is 12.3. The molecule has 2 bridgehead atoms. The largest absolute Gasteiger partial charge is 0.379 e. The van der Waals surface area contributed by atoms with Crippen LogP contribution < -0.4 is 5.32 Å². The van der Waals surface area contributed by atoms with Crippen molar-refractivity contribution in [1.29, 1.82) is 0 Å². The summed E-state index contributed by atoms with van der Waals surface area (Å²) in [5.74, 6) is 0.843. The number of hydrogen-bond acceptors (Lipinski definition) is 2. The molecule has 0 aromatic carbocycles. The van der Waals surface area contributed by atoms with Crippen molar-refractivity contribution in [2.75, 3.05) is 5.32 Å². The number of pyridine rings is 1.